The highest BCUT2D eigenvalue weighted by atomic mass is 32.2. The van der Waals surface area contributed by atoms with Crippen molar-refractivity contribution in [3.63, 3.8) is 0 Å². The summed E-state index contributed by atoms with van der Waals surface area (Å²) in [6, 6.07) is 4.12. The molecular weight excluding hydrogens is 222 g/mol. The van der Waals surface area contributed by atoms with Crippen molar-refractivity contribution in [2.75, 3.05) is 6.26 Å². The number of allylic oxidation sites excluding steroid dienone is 1. The SMILES string of the molecule is CCC1(C)C(C#N)=C(SC)NC(=O)C1C#N. The molecule has 0 spiro atoms. The van der Waals surface area contributed by atoms with Crippen LogP contribution in [0.3, 0.4) is 0 Å². The summed E-state index contributed by atoms with van der Waals surface area (Å²) < 4.78 is 0. The van der Waals surface area contributed by atoms with Crippen LogP contribution in [0.2, 0.25) is 0 Å². The van der Waals surface area contributed by atoms with Gasteiger partial charge in [-0.3, -0.25) is 4.79 Å². The molecule has 2 unspecified atom stereocenters. The normalized spacial score (nSPS) is 29.3. The van der Waals surface area contributed by atoms with E-state index in [2.05, 4.69) is 11.4 Å². The van der Waals surface area contributed by atoms with E-state index >= 15 is 0 Å². The van der Waals surface area contributed by atoms with E-state index in [-0.39, 0.29) is 5.91 Å². The largest absolute Gasteiger partial charge is 0.319 e. The van der Waals surface area contributed by atoms with Crippen molar-refractivity contribution < 1.29 is 4.79 Å². The third-order valence-electron chi connectivity index (χ3n) is 3.11. The van der Waals surface area contributed by atoms with Crippen LogP contribution in [0.4, 0.5) is 0 Å². The molecule has 1 heterocycles. The molecule has 4 nitrogen and oxygen atoms in total. The van der Waals surface area contributed by atoms with Crippen LogP contribution in [0.25, 0.3) is 0 Å². The summed E-state index contributed by atoms with van der Waals surface area (Å²) in [6.07, 6.45) is 2.39. The van der Waals surface area contributed by atoms with E-state index in [4.69, 9.17) is 5.26 Å². The van der Waals surface area contributed by atoms with Crippen molar-refractivity contribution >= 4 is 17.7 Å². The summed E-state index contributed by atoms with van der Waals surface area (Å²) in [5.74, 6) is -1.10. The molecule has 84 valence electrons. The lowest BCUT2D eigenvalue weighted by Gasteiger charge is -2.36. The fraction of sp³-hybridized carbons (Fsp3) is 0.545. The maximum Gasteiger partial charge on any atom is 0.243 e. The second-order valence-electron chi connectivity index (χ2n) is 3.84. The number of carbonyl (C=O) groups is 1. The van der Waals surface area contributed by atoms with Crippen LogP contribution in [0.5, 0.6) is 0 Å². The molecule has 0 aromatic heterocycles. The summed E-state index contributed by atoms with van der Waals surface area (Å²) in [5.41, 5.74) is -0.168. The molecule has 1 aliphatic rings. The summed E-state index contributed by atoms with van der Waals surface area (Å²) >= 11 is 1.33. The predicted molar refractivity (Wildman–Crippen MR) is 61.8 cm³/mol. The second kappa shape index (κ2) is 4.59. The average molecular weight is 235 g/mol. The Labute approximate surface area is 99.3 Å². The van der Waals surface area contributed by atoms with E-state index in [0.29, 0.717) is 17.0 Å². The number of hydrogen-bond acceptors (Lipinski definition) is 4. The minimum Gasteiger partial charge on any atom is -0.319 e. The smallest absolute Gasteiger partial charge is 0.243 e. The van der Waals surface area contributed by atoms with Gasteiger partial charge in [-0.25, -0.2) is 0 Å². The van der Waals surface area contributed by atoms with Crippen LogP contribution in [0, 0.1) is 34.0 Å². The Hall–Kier alpha value is -1.46. The molecule has 0 fully saturated rings. The second-order valence-corrected chi connectivity index (χ2v) is 4.66. The van der Waals surface area contributed by atoms with Crippen molar-refractivity contribution in [3.05, 3.63) is 10.6 Å². The molecule has 1 rings (SSSR count). The molecule has 0 saturated heterocycles. The molecule has 1 N–H and O–H groups in total. The Balaban J connectivity index is 3.41. The number of amides is 1. The van der Waals surface area contributed by atoms with Crippen molar-refractivity contribution in [3.8, 4) is 12.1 Å². The van der Waals surface area contributed by atoms with Crippen molar-refractivity contribution in [2.24, 2.45) is 11.3 Å². The number of nitrogens with one attached hydrogen (secondary N) is 1. The van der Waals surface area contributed by atoms with Crippen molar-refractivity contribution in [2.45, 2.75) is 20.3 Å². The number of nitrogens with zero attached hydrogens (tertiary/aromatic N) is 2. The Kier molecular flexibility index (Phi) is 3.62. The van der Waals surface area contributed by atoms with Crippen LogP contribution >= 0.6 is 11.8 Å². The first kappa shape index (κ1) is 12.6. The van der Waals surface area contributed by atoms with E-state index in [1.165, 1.54) is 11.8 Å². The standard InChI is InChI=1S/C11H13N3OS/c1-4-11(2)7(5-12)9(15)14-10(16-3)8(11)6-13/h7H,4H2,1-3H3,(H,14,15). The molecule has 16 heavy (non-hydrogen) atoms. The highest BCUT2D eigenvalue weighted by molar-refractivity contribution is 8.02. The molecule has 0 aromatic carbocycles. The Bertz CT molecular complexity index is 429. The van der Waals surface area contributed by atoms with Gasteiger partial charge in [-0.2, -0.15) is 10.5 Å². The monoisotopic (exact) mass is 235 g/mol. The van der Waals surface area contributed by atoms with Gasteiger partial charge in [0.25, 0.3) is 0 Å². The van der Waals surface area contributed by atoms with Gasteiger partial charge in [0, 0.05) is 5.41 Å². The molecule has 0 bridgehead atoms. The van der Waals surface area contributed by atoms with Gasteiger partial charge in [-0.05, 0) is 12.7 Å². The number of thioether (sulfide) groups is 1. The van der Waals surface area contributed by atoms with E-state index in [9.17, 15) is 10.1 Å². The summed E-state index contributed by atoms with van der Waals surface area (Å²) in [6.45, 7) is 3.69. The molecule has 1 amide bonds. The lowest BCUT2D eigenvalue weighted by molar-refractivity contribution is -0.125. The molecule has 0 saturated carbocycles. The molecule has 0 aliphatic carbocycles. The van der Waals surface area contributed by atoms with Crippen LogP contribution in [-0.2, 0) is 4.79 Å². The van der Waals surface area contributed by atoms with Gasteiger partial charge in [0.1, 0.15) is 5.92 Å². The fourth-order valence-electron chi connectivity index (χ4n) is 1.85. The van der Waals surface area contributed by atoms with Gasteiger partial charge in [0.05, 0.1) is 22.7 Å². The number of rotatable bonds is 2. The van der Waals surface area contributed by atoms with Gasteiger partial charge in [0.15, 0.2) is 0 Å². The van der Waals surface area contributed by atoms with E-state index in [1.807, 2.05) is 13.0 Å². The van der Waals surface area contributed by atoms with Gasteiger partial charge in [0.2, 0.25) is 5.91 Å². The van der Waals surface area contributed by atoms with Crippen molar-refractivity contribution in [1.29, 1.82) is 10.5 Å². The molecular formula is C11H13N3OS. The van der Waals surface area contributed by atoms with E-state index < -0.39 is 11.3 Å². The first-order valence-corrected chi connectivity index (χ1v) is 6.17. The van der Waals surface area contributed by atoms with Gasteiger partial charge >= 0.3 is 0 Å². The molecule has 0 aromatic rings. The minimum absolute atomic E-state index is 0.310. The highest BCUT2D eigenvalue weighted by Gasteiger charge is 2.46. The van der Waals surface area contributed by atoms with Gasteiger partial charge in [-0.15, -0.1) is 11.8 Å². The zero-order chi connectivity index (χ0) is 12.3. The Morgan fingerprint density at radius 2 is 2.19 bits per heavy atom. The summed E-state index contributed by atoms with van der Waals surface area (Å²) in [7, 11) is 0. The molecule has 5 heteroatoms. The predicted octanol–water partition coefficient (Wildman–Crippen LogP) is 1.77. The van der Waals surface area contributed by atoms with E-state index in [1.54, 1.807) is 13.2 Å². The van der Waals surface area contributed by atoms with Gasteiger partial charge in [-0.1, -0.05) is 13.8 Å². The topological polar surface area (TPSA) is 76.7 Å². The third-order valence-corrected chi connectivity index (χ3v) is 3.83. The maximum absolute atomic E-state index is 11.7. The number of hydrogen-bond donors (Lipinski definition) is 1. The third kappa shape index (κ3) is 1.68. The lowest BCUT2D eigenvalue weighted by atomic mass is 9.68. The van der Waals surface area contributed by atoms with E-state index in [0.717, 1.165) is 0 Å². The van der Waals surface area contributed by atoms with Crippen LogP contribution in [0.1, 0.15) is 20.3 Å². The Morgan fingerprint density at radius 3 is 2.56 bits per heavy atom. The van der Waals surface area contributed by atoms with Gasteiger partial charge < -0.3 is 5.32 Å². The Morgan fingerprint density at radius 1 is 1.56 bits per heavy atom. The first-order valence-electron chi connectivity index (χ1n) is 4.94. The zero-order valence-electron chi connectivity index (χ0n) is 9.50. The average Bonchev–Trinajstić information content (AvgIpc) is 2.28. The lowest BCUT2D eigenvalue weighted by Crippen LogP contribution is -2.45. The molecule has 1 aliphatic heterocycles. The minimum atomic E-state index is -0.789. The van der Waals surface area contributed by atoms with Crippen LogP contribution < -0.4 is 5.32 Å². The highest BCUT2D eigenvalue weighted by Crippen LogP contribution is 2.44. The summed E-state index contributed by atoms with van der Waals surface area (Å²) in [5, 5.41) is 21.4. The van der Waals surface area contributed by atoms with Crippen LogP contribution in [0.15, 0.2) is 10.6 Å². The maximum atomic E-state index is 11.7. The fourth-order valence-corrected chi connectivity index (χ4v) is 2.54. The molecule has 0 radical (unpaired) electrons. The quantitative estimate of drug-likeness (QED) is 0.791. The summed E-state index contributed by atoms with van der Waals surface area (Å²) in [4.78, 5) is 11.7. The zero-order valence-corrected chi connectivity index (χ0v) is 10.3. The number of carbonyl (C=O) groups excluding carboxylic acids is 1. The molecule has 2 atom stereocenters. The van der Waals surface area contributed by atoms with Crippen molar-refractivity contribution in [1.82, 2.24) is 5.32 Å². The number of nitriles is 2. The first-order chi connectivity index (χ1) is 7.54. The van der Waals surface area contributed by atoms with Crippen LogP contribution in [-0.4, -0.2) is 12.2 Å².